The molecule has 0 radical (unpaired) electrons. The Balaban J connectivity index is 0.00000289. The first-order valence-corrected chi connectivity index (χ1v) is 5.81. The van der Waals surface area contributed by atoms with Gasteiger partial charge < -0.3 is 15.8 Å². The van der Waals surface area contributed by atoms with Crippen LogP contribution in [0, 0.1) is 0 Å². The van der Waals surface area contributed by atoms with E-state index in [9.17, 15) is 0 Å². The minimum Gasteiger partial charge on any atom is -0.382 e. The summed E-state index contributed by atoms with van der Waals surface area (Å²) >= 11 is 0. The molecule has 6 nitrogen and oxygen atoms in total. The van der Waals surface area contributed by atoms with E-state index in [0.29, 0.717) is 12.5 Å². The fraction of sp³-hybridized carbons (Fsp3) is 0.636. The summed E-state index contributed by atoms with van der Waals surface area (Å²) < 4.78 is 6.96. The zero-order valence-electron chi connectivity index (χ0n) is 10.9. The molecule has 3 N–H and O–H groups in total. The zero-order valence-corrected chi connectivity index (χ0v) is 13.3. The Morgan fingerprint density at radius 1 is 1.61 bits per heavy atom. The number of nitrogens with two attached hydrogens (primary N) is 1. The van der Waals surface area contributed by atoms with Crippen LogP contribution in [-0.2, 0) is 18.3 Å². The van der Waals surface area contributed by atoms with Gasteiger partial charge in [0, 0.05) is 38.6 Å². The highest BCUT2D eigenvalue weighted by Gasteiger charge is 1.95. The Kier molecular flexibility index (Phi) is 9.66. The van der Waals surface area contributed by atoms with Gasteiger partial charge in [-0.15, -0.1) is 24.0 Å². The number of ether oxygens (including phenoxy) is 1. The lowest BCUT2D eigenvalue weighted by Gasteiger charge is -2.05. The van der Waals surface area contributed by atoms with Crippen LogP contribution >= 0.6 is 24.0 Å². The van der Waals surface area contributed by atoms with Crippen molar-refractivity contribution in [3.05, 3.63) is 18.0 Å². The predicted octanol–water partition coefficient (Wildman–Crippen LogP) is 0.869. The van der Waals surface area contributed by atoms with Gasteiger partial charge in [-0.3, -0.25) is 4.68 Å². The summed E-state index contributed by atoms with van der Waals surface area (Å²) in [6.45, 7) is 4.82. The van der Waals surface area contributed by atoms with Crippen LogP contribution in [0.2, 0.25) is 0 Å². The van der Waals surface area contributed by atoms with Crippen LogP contribution in [0.4, 0.5) is 0 Å². The molecule has 18 heavy (non-hydrogen) atoms. The second-order valence-electron chi connectivity index (χ2n) is 3.70. The Labute approximate surface area is 125 Å². The van der Waals surface area contributed by atoms with Crippen LogP contribution in [0.25, 0.3) is 0 Å². The molecule has 0 aromatic carbocycles. The quantitative estimate of drug-likeness (QED) is 0.325. The molecule has 0 fully saturated rings. The minimum atomic E-state index is 0. The molecule has 1 aromatic rings. The van der Waals surface area contributed by atoms with Gasteiger partial charge >= 0.3 is 0 Å². The number of halogens is 1. The molecule has 0 saturated heterocycles. The number of nitrogens with zero attached hydrogens (tertiary/aromatic N) is 3. The van der Waals surface area contributed by atoms with E-state index in [1.54, 1.807) is 10.9 Å². The standard InChI is InChI=1S/C11H21N5O.HI/c1-3-17-6-4-5-13-11(12)14-7-10-8-15-16(2)9-10;/h8-9H,3-7H2,1-2H3,(H3,12,13,14);1H. The predicted molar refractivity (Wildman–Crippen MR) is 83.1 cm³/mol. The second kappa shape index (κ2) is 10.1. The monoisotopic (exact) mass is 367 g/mol. The average molecular weight is 367 g/mol. The van der Waals surface area contributed by atoms with Crippen molar-refractivity contribution < 1.29 is 4.74 Å². The van der Waals surface area contributed by atoms with E-state index in [1.807, 2.05) is 20.2 Å². The smallest absolute Gasteiger partial charge is 0.188 e. The lowest BCUT2D eigenvalue weighted by Crippen LogP contribution is -2.32. The van der Waals surface area contributed by atoms with Crippen molar-refractivity contribution in [1.82, 2.24) is 15.1 Å². The molecular formula is C11H22IN5O. The van der Waals surface area contributed by atoms with Gasteiger partial charge in [-0.2, -0.15) is 5.10 Å². The summed E-state index contributed by atoms with van der Waals surface area (Å²) in [5.41, 5.74) is 6.76. The van der Waals surface area contributed by atoms with Crippen LogP contribution < -0.4 is 11.1 Å². The van der Waals surface area contributed by atoms with Gasteiger partial charge in [-0.25, -0.2) is 4.99 Å². The summed E-state index contributed by atoms with van der Waals surface area (Å²) in [6.07, 6.45) is 4.63. The first-order chi connectivity index (χ1) is 8.22. The van der Waals surface area contributed by atoms with Crippen molar-refractivity contribution in [3.63, 3.8) is 0 Å². The fourth-order valence-electron chi connectivity index (χ4n) is 1.32. The van der Waals surface area contributed by atoms with Gasteiger partial charge in [0.15, 0.2) is 5.96 Å². The van der Waals surface area contributed by atoms with E-state index in [1.165, 1.54) is 0 Å². The molecule has 0 unspecified atom stereocenters. The number of aryl methyl sites for hydroxylation is 1. The number of rotatable bonds is 7. The maximum absolute atomic E-state index is 5.71. The van der Waals surface area contributed by atoms with Crippen molar-refractivity contribution in [2.45, 2.75) is 19.9 Å². The molecule has 0 atom stereocenters. The average Bonchev–Trinajstić information content (AvgIpc) is 2.72. The molecule has 7 heteroatoms. The first-order valence-electron chi connectivity index (χ1n) is 5.81. The van der Waals surface area contributed by atoms with Crippen LogP contribution in [0.15, 0.2) is 17.4 Å². The summed E-state index contributed by atoms with van der Waals surface area (Å²) in [6, 6.07) is 0. The number of hydrogen-bond acceptors (Lipinski definition) is 3. The van der Waals surface area contributed by atoms with E-state index in [2.05, 4.69) is 15.4 Å². The number of aliphatic imine (C=N–C) groups is 1. The molecular weight excluding hydrogens is 345 g/mol. The molecule has 0 spiro atoms. The topological polar surface area (TPSA) is 77.5 Å². The van der Waals surface area contributed by atoms with Crippen LogP contribution in [-0.4, -0.2) is 35.5 Å². The van der Waals surface area contributed by atoms with Crippen LogP contribution in [0.5, 0.6) is 0 Å². The molecule has 0 amide bonds. The Morgan fingerprint density at radius 2 is 2.39 bits per heavy atom. The van der Waals surface area contributed by atoms with Gasteiger partial charge in [-0.1, -0.05) is 0 Å². The van der Waals surface area contributed by atoms with Gasteiger partial charge in [0.1, 0.15) is 0 Å². The third-order valence-corrected chi connectivity index (χ3v) is 2.17. The number of nitrogens with one attached hydrogen (secondary N) is 1. The molecule has 1 heterocycles. The maximum Gasteiger partial charge on any atom is 0.188 e. The van der Waals surface area contributed by atoms with E-state index < -0.39 is 0 Å². The minimum absolute atomic E-state index is 0. The summed E-state index contributed by atoms with van der Waals surface area (Å²) in [4.78, 5) is 4.21. The summed E-state index contributed by atoms with van der Waals surface area (Å²) in [5, 5.41) is 7.10. The maximum atomic E-state index is 5.71. The normalized spacial score (nSPS) is 11.1. The molecule has 1 rings (SSSR count). The lowest BCUT2D eigenvalue weighted by atomic mass is 10.4. The Morgan fingerprint density at radius 3 is 3.00 bits per heavy atom. The van der Waals surface area contributed by atoms with Crippen molar-refractivity contribution >= 4 is 29.9 Å². The molecule has 0 bridgehead atoms. The van der Waals surface area contributed by atoms with Crippen molar-refractivity contribution in [1.29, 1.82) is 0 Å². The van der Waals surface area contributed by atoms with E-state index >= 15 is 0 Å². The second-order valence-corrected chi connectivity index (χ2v) is 3.70. The zero-order chi connectivity index (χ0) is 12.5. The van der Waals surface area contributed by atoms with Gasteiger partial charge in [0.25, 0.3) is 0 Å². The highest BCUT2D eigenvalue weighted by Crippen LogP contribution is 1.97. The van der Waals surface area contributed by atoms with Crippen molar-refractivity contribution in [3.8, 4) is 0 Å². The fourth-order valence-corrected chi connectivity index (χ4v) is 1.32. The number of hydrogen-bond donors (Lipinski definition) is 2. The van der Waals surface area contributed by atoms with E-state index in [-0.39, 0.29) is 24.0 Å². The van der Waals surface area contributed by atoms with Crippen molar-refractivity contribution in [2.75, 3.05) is 19.8 Å². The van der Waals surface area contributed by atoms with Crippen LogP contribution in [0.3, 0.4) is 0 Å². The highest BCUT2D eigenvalue weighted by molar-refractivity contribution is 14.0. The molecule has 0 aliphatic heterocycles. The van der Waals surface area contributed by atoms with Gasteiger partial charge in [0.2, 0.25) is 0 Å². The molecule has 0 aliphatic carbocycles. The Bertz CT molecular complexity index is 353. The Hall–Kier alpha value is -0.830. The third kappa shape index (κ3) is 7.49. The molecule has 0 aliphatic rings. The van der Waals surface area contributed by atoms with Crippen molar-refractivity contribution in [2.24, 2.45) is 17.8 Å². The molecule has 0 saturated carbocycles. The number of aromatic nitrogens is 2. The van der Waals surface area contributed by atoms with Gasteiger partial charge in [-0.05, 0) is 13.3 Å². The first kappa shape index (κ1) is 17.2. The SMILES string of the molecule is CCOCCCNC(N)=NCc1cnn(C)c1.I. The summed E-state index contributed by atoms with van der Waals surface area (Å²) in [5.74, 6) is 0.463. The lowest BCUT2D eigenvalue weighted by molar-refractivity contribution is 0.145. The van der Waals surface area contributed by atoms with Crippen LogP contribution in [0.1, 0.15) is 18.9 Å². The molecule has 104 valence electrons. The molecule has 1 aromatic heterocycles. The van der Waals surface area contributed by atoms with E-state index in [0.717, 1.165) is 31.7 Å². The largest absolute Gasteiger partial charge is 0.382 e. The highest BCUT2D eigenvalue weighted by atomic mass is 127. The summed E-state index contributed by atoms with van der Waals surface area (Å²) in [7, 11) is 1.88. The van der Waals surface area contributed by atoms with Gasteiger partial charge in [0.05, 0.1) is 12.7 Å². The number of guanidine groups is 1. The third-order valence-electron chi connectivity index (χ3n) is 2.17. The van der Waals surface area contributed by atoms with E-state index in [4.69, 9.17) is 10.5 Å².